The quantitative estimate of drug-likeness (QED) is 0.769. The molecule has 1 aliphatic rings. The first-order chi connectivity index (χ1) is 12.7. The molecule has 0 radical (unpaired) electrons. The lowest BCUT2D eigenvalue weighted by molar-refractivity contribution is 0.103. The number of methoxy groups -OCH3 is 1. The van der Waals surface area contributed by atoms with Crippen LogP contribution >= 0.6 is 0 Å². The number of aromatic nitrogens is 4. The molecule has 10 heteroatoms. The van der Waals surface area contributed by atoms with Gasteiger partial charge in [0.2, 0.25) is 5.89 Å². The molecule has 3 heterocycles. The van der Waals surface area contributed by atoms with Crippen molar-refractivity contribution in [2.24, 2.45) is 0 Å². The van der Waals surface area contributed by atoms with Gasteiger partial charge in [-0.15, -0.1) is 0 Å². The Morgan fingerprint density at radius 3 is 2.85 bits per heavy atom. The average molecular weight is 362 g/mol. The number of hydrogen-bond donors (Lipinski definition) is 1. The highest BCUT2D eigenvalue weighted by atomic mass is 16.5. The van der Waals surface area contributed by atoms with E-state index in [1.807, 2.05) is 0 Å². The second-order valence-corrected chi connectivity index (χ2v) is 5.84. The van der Waals surface area contributed by atoms with Crippen LogP contribution in [-0.2, 0) is 17.7 Å². The predicted molar refractivity (Wildman–Crippen MR) is 89.4 cm³/mol. The molecule has 0 bridgehead atoms. The van der Waals surface area contributed by atoms with Gasteiger partial charge in [0.1, 0.15) is 6.10 Å². The van der Waals surface area contributed by atoms with Gasteiger partial charge in [-0.25, -0.2) is 14.8 Å². The molecule has 1 aliphatic heterocycles. The summed E-state index contributed by atoms with van der Waals surface area (Å²) in [4.78, 5) is 26.3. The van der Waals surface area contributed by atoms with E-state index in [1.54, 1.807) is 30.5 Å². The number of ether oxygens (including phenoxy) is 2. The molecule has 2 amide bonds. The molecule has 0 aliphatic carbocycles. The molecule has 0 saturated carbocycles. The number of nitrogens with one attached hydrogen (secondary N) is 1. The Balaban J connectivity index is 1.39. The lowest BCUT2D eigenvalue weighted by atomic mass is 10.1. The number of likely N-dealkylation sites (tertiary alicyclic amines) is 1. The summed E-state index contributed by atoms with van der Waals surface area (Å²) in [5.74, 6) is 0.945. The van der Waals surface area contributed by atoms with Crippen molar-refractivity contribution in [2.45, 2.75) is 31.9 Å². The molecule has 2 aromatic heterocycles. The van der Waals surface area contributed by atoms with E-state index in [0.717, 1.165) is 12.8 Å². The highest BCUT2D eigenvalue weighted by molar-refractivity contribution is 5.74. The smallest absolute Gasteiger partial charge is 0.317 e. The number of carbonyl (C=O) groups is 1. The largest absolute Gasteiger partial charge is 0.460 e. The van der Waals surface area contributed by atoms with Crippen LogP contribution in [0.25, 0.3) is 0 Å². The first-order valence-corrected chi connectivity index (χ1v) is 8.51. The first-order valence-electron chi connectivity index (χ1n) is 8.51. The molecule has 10 nitrogen and oxygen atoms in total. The molecule has 3 rings (SSSR count). The summed E-state index contributed by atoms with van der Waals surface area (Å²) in [5.41, 5.74) is 0. The fourth-order valence-corrected chi connectivity index (χ4v) is 2.59. The lowest BCUT2D eigenvalue weighted by Gasteiger charge is -2.31. The van der Waals surface area contributed by atoms with Gasteiger partial charge in [0.25, 0.3) is 0 Å². The average Bonchev–Trinajstić information content (AvgIpc) is 3.14. The van der Waals surface area contributed by atoms with Gasteiger partial charge >= 0.3 is 12.0 Å². The minimum atomic E-state index is -0.150. The van der Waals surface area contributed by atoms with Crippen LogP contribution in [0.15, 0.2) is 23.0 Å². The first kappa shape index (κ1) is 18.1. The number of rotatable bonds is 7. The van der Waals surface area contributed by atoms with Crippen LogP contribution in [0, 0.1) is 0 Å². The van der Waals surface area contributed by atoms with Gasteiger partial charge in [-0.1, -0.05) is 5.16 Å². The predicted octanol–water partition coefficient (Wildman–Crippen LogP) is 0.801. The molecule has 1 saturated heterocycles. The lowest BCUT2D eigenvalue weighted by Crippen LogP contribution is -2.46. The molecule has 1 N–H and O–H groups in total. The zero-order chi connectivity index (χ0) is 18.2. The number of amides is 2. The molecular formula is C16H22N6O4. The molecule has 0 spiro atoms. The van der Waals surface area contributed by atoms with Crippen molar-refractivity contribution in [3.8, 4) is 6.01 Å². The SMILES string of the molecule is COCCc1nc(CNC(=O)N2CCC(Oc3ncccn3)CC2)no1. The normalized spacial score (nSPS) is 15.0. The number of piperidine rings is 1. The highest BCUT2D eigenvalue weighted by Gasteiger charge is 2.24. The van der Waals surface area contributed by atoms with Crippen molar-refractivity contribution in [1.29, 1.82) is 0 Å². The summed E-state index contributed by atoms with van der Waals surface area (Å²) in [6, 6.07) is 1.96. The maximum Gasteiger partial charge on any atom is 0.317 e. The van der Waals surface area contributed by atoms with Gasteiger partial charge in [-0.05, 0) is 6.07 Å². The zero-order valence-electron chi connectivity index (χ0n) is 14.6. The molecule has 2 aromatic rings. The third-order valence-electron chi connectivity index (χ3n) is 3.97. The Hall–Kier alpha value is -2.75. The molecule has 0 unspecified atom stereocenters. The monoisotopic (exact) mass is 362 g/mol. The molecular weight excluding hydrogens is 340 g/mol. The van der Waals surface area contributed by atoms with Crippen molar-refractivity contribution in [1.82, 2.24) is 30.3 Å². The molecule has 26 heavy (non-hydrogen) atoms. The third kappa shape index (κ3) is 5.12. The van der Waals surface area contributed by atoms with E-state index in [0.29, 0.717) is 43.8 Å². The van der Waals surface area contributed by atoms with Crippen molar-refractivity contribution >= 4 is 6.03 Å². The summed E-state index contributed by atoms with van der Waals surface area (Å²) in [7, 11) is 1.61. The molecule has 1 fully saturated rings. The number of urea groups is 1. The van der Waals surface area contributed by atoms with Gasteiger partial charge < -0.3 is 24.2 Å². The van der Waals surface area contributed by atoms with Crippen LogP contribution in [-0.4, -0.2) is 63.9 Å². The zero-order valence-corrected chi connectivity index (χ0v) is 14.6. The second-order valence-electron chi connectivity index (χ2n) is 5.84. The maximum atomic E-state index is 12.3. The van der Waals surface area contributed by atoms with E-state index in [1.165, 1.54) is 0 Å². The Labute approximate surface area is 150 Å². The Morgan fingerprint density at radius 2 is 2.12 bits per heavy atom. The van der Waals surface area contributed by atoms with Crippen LogP contribution in [0.1, 0.15) is 24.6 Å². The second kappa shape index (κ2) is 9.09. The Morgan fingerprint density at radius 1 is 1.35 bits per heavy atom. The molecule has 0 atom stereocenters. The standard InChI is InChI=1S/C16H22N6O4/c1-24-10-5-14-20-13(21-26-14)11-19-16(23)22-8-3-12(4-9-22)25-15-17-6-2-7-18-15/h2,6-7,12H,3-5,8-11H2,1H3,(H,19,23). The summed E-state index contributed by atoms with van der Waals surface area (Å²) in [5, 5.41) is 6.64. The van der Waals surface area contributed by atoms with E-state index in [2.05, 4.69) is 25.4 Å². The molecule has 0 aromatic carbocycles. The third-order valence-corrected chi connectivity index (χ3v) is 3.97. The van der Waals surface area contributed by atoms with Crippen molar-refractivity contribution in [2.75, 3.05) is 26.8 Å². The summed E-state index contributed by atoms with van der Waals surface area (Å²) in [6.07, 6.45) is 5.31. The fraction of sp³-hybridized carbons (Fsp3) is 0.562. The Kier molecular flexibility index (Phi) is 6.31. The van der Waals surface area contributed by atoms with Gasteiger partial charge in [0, 0.05) is 45.4 Å². The van der Waals surface area contributed by atoms with Crippen LogP contribution in [0.3, 0.4) is 0 Å². The molecule has 140 valence electrons. The van der Waals surface area contributed by atoms with Crippen molar-refractivity contribution in [3.63, 3.8) is 0 Å². The number of hydrogen-bond acceptors (Lipinski definition) is 8. The van der Waals surface area contributed by atoms with Crippen LogP contribution in [0.5, 0.6) is 6.01 Å². The highest BCUT2D eigenvalue weighted by Crippen LogP contribution is 2.15. The summed E-state index contributed by atoms with van der Waals surface area (Å²) < 4.78 is 15.8. The van der Waals surface area contributed by atoms with Crippen molar-refractivity contribution < 1.29 is 18.8 Å². The van der Waals surface area contributed by atoms with E-state index >= 15 is 0 Å². The van der Waals surface area contributed by atoms with Crippen LogP contribution in [0.2, 0.25) is 0 Å². The van der Waals surface area contributed by atoms with Crippen molar-refractivity contribution in [3.05, 3.63) is 30.2 Å². The van der Waals surface area contributed by atoms with Gasteiger partial charge in [0.05, 0.1) is 19.6 Å². The van der Waals surface area contributed by atoms with E-state index in [-0.39, 0.29) is 18.7 Å². The maximum absolute atomic E-state index is 12.3. The van der Waals surface area contributed by atoms with Crippen LogP contribution < -0.4 is 10.1 Å². The fourth-order valence-electron chi connectivity index (χ4n) is 2.59. The topological polar surface area (TPSA) is 116 Å². The number of nitrogens with zero attached hydrogens (tertiary/aromatic N) is 5. The van der Waals surface area contributed by atoms with Crippen LogP contribution in [0.4, 0.5) is 4.79 Å². The van der Waals surface area contributed by atoms with Gasteiger partial charge in [-0.2, -0.15) is 4.98 Å². The van der Waals surface area contributed by atoms with E-state index in [9.17, 15) is 4.79 Å². The van der Waals surface area contributed by atoms with E-state index < -0.39 is 0 Å². The van der Waals surface area contributed by atoms with E-state index in [4.69, 9.17) is 14.0 Å². The summed E-state index contributed by atoms with van der Waals surface area (Å²) >= 11 is 0. The van der Waals surface area contributed by atoms with Gasteiger partial charge in [-0.3, -0.25) is 0 Å². The Bertz CT molecular complexity index is 687. The summed E-state index contributed by atoms with van der Waals surface area (Å²) in [6.45, 7) is 1.95. The van der Waals surface area contributed by atoms with Gasteiger partial charge in [0.15, 0.2) is 5.82 Å². The minimum absolute atomic E-state index is 0.0157. The minimum Gasteiger partial charge on any atom is -0.460 e. The number of carbonyl (C=O) groups excluding carboxylic acids is 1.